The Hall–Kier alpha value is -3.75. The maximum atomic E-state index is 13.4. The number of hydrogen-bond acceptors (Lipinski definition) is 4. The second-order valence-corrected chi connectivity index (χ2v) is 11.5. The van der Waals surface area contributed by atoms with Crippen LogP contribution < -0.4 is 10.9 Å². The van der Waals surface area contributed by atoms with Gasteiger partial charge in [0.25, 0.3) is 11.5 Å². The van der Waals surface area contributed by atoms with E-state index in [0.717, 1.165) is 22.9 Å². The van der Waals surface area contributed by atoms with Gasteiger partial charge in [-0.25, -0.2) is 8.42 Å². The molecule has 1 saturated heterocycles. The van der Waals surface area contributed by atoms with E-state index in [9.17, 15) is 18.0 Å². The summed E-state index contributed by atoms with van der Waals surface area (Å²) in [6, 6.07) is 24.9. The molecule has 0 aliphatic carbocycles. The van der Waals surface area contributed by atoms with Crippen molar-refractivity contribution in [1.82, 2.24) is 8.87 Å². The zero-order valence-corrected chi connectivity index (χ0v) is 20.3. The summed E-state index contributed by atoms with van der Waals surface area (Å²) < 4.78 is 30.2. The minimum absolute atomic E-state index is 0.00156. The first kappa shape index (κ1) is 22.7. The molecule has 8 heteroatoms. The molecule has 3 aromatic carbocycles. The van der Waals surface area contributed by atoms with E-state index in [1.165, 1.54) is 16.4 Å². The highest BCUT2D eigenvalue weighted by Gasteiger charge is 2.39. The van der Waals surface area contributed by atoms with Crippen molar-refractivity contribution in [3.63, 3.8) is 0 Å². The van der Waals surface area contributed by atoms with Crippen molar-refractivity contribution in [2.45, 2.75) is 23.8 Å². The van der Waals surface area contributed by atoms with Gasteiger partial charge in [0.05, 0.1) is 4.90 Å². The zero-order chi connectivity index (χ0) is 24.9. The van der Waals surface area contributed by atoms with E-state index < -0.39 is 10.0 Å². The number of carbonyl (C=O) groups excluding carboxylic acids is 1. The highest BCUT2D eigenvalue weighted by molar-refractivity contribution is 7.89. The summed E-state index contributed by atoms with van der Waals surface area (Å²) in [5, 5.41) is 4.88. The van der Waals surface area contributed by atoms with Gasteiger partial charge in [0, 0.05) is 48.6 Å². The van der Waals surface area contributed by atoms with E-state index in [1.807, 2.05) is 42.5 Å². The van der Waals surface area contributed by atoms with Crippen LogP contribution >= 0.6 is 0 Å². The first-order chi connectivity index (χ1) is 17.4. The summed E-state index contributed by atoms with van der Waals surface area (Å²) in [5.74, 6) is -0.151. The number of piperidine rings is 1. The summed E-state index contributed by atoms with van der Waals surface area (Å²) in [4.78, 5) is 25.2. The molecule has 2 unspecified atom stereocenters. The van der Waals surface area contributed by atoms with E-state index in [-0.39, 0.29) is 28.2 Å². The minimum Gasteiger partial charge on any atom is -0.322 e. The van der Waals surface area contributed by atoms with Gasteiger partial charge in [-0.3, -0.25) is 9.59 Å². The second kappa shape index (κ2) is 8.72. The van der Waals surface area contributed by atoms with Crippen LogP contribution in [-0.2, 0) is 16.6 Å². The zero-order valence-electron chi connectivity index (χ0n) is 19.5. The highest BCUT2D eigenvalue weighted by Crippen LogP contribution is 2.37. The van der Waals surface area contributed by atoms with Crippen molar-refractivity contribution in [2.24, 2.45) is 5.92 Å². The van der Waals surface area contributed by atoms with Crippen LogP contribution in [0.5, 0.6) is 0 Å². The van der Waals surface area contributed by atoms with E-state index in [2.05, 4.69) is 5.32 Å². The number of fused-ring (bicyclic) bond motifs is 5. The van der Waals surface area contributed by atoms with Gasteiger partial charge in [0.1, 0.15) is 0 Å². The maximum Gasteiger partial charge on any atom is 0.255 e. The van der Waals surface area contributed by atoms with Gasteiger partial charge >= 0.3 is 0 Å². The largest absolute Gasteiger partial charge is 0.322 e. The predicted molar refractivity (Wildman–Crippen MR) is 139 cm³/mol. The van der Waals surface area contributed by atoms with Gasteiger partial charge in [-0.15, -0.1) is 0 Å². The van der Waals surface area contributed by atoms with E-state index in [4.69, 9.17) is 0 Å². The molecule has 3 heterocycles. The number of amides is 1. The Labute approximate surface area is 209 Å². The average molecular weight is 500 g/mol. The first-order valence-corrected chi connectivity index (χ1v) is 13.4. The molecule has 1 aromatic heterocycles. The summed E-state index contributed by atoms with van der Waals surface area (Å²) in [5.41, 5.74) is 1.94. The highest BCUT2D eigenvalue weighted by atomic mass is 32.2. The number of nitrogens with one attached hydrogen (secondary N) is 1. The molecule has 1 fully saturated rings. The second-order valence-electron chi connectivity index (χ2n) is 9.56. The molecule has 36 heavy (non-hydrogen) atoms. The number of nitrogens with zero attached hydrogens (tertiary/aromatic N) is 2. The van der Waals surface area contributed by atoms with E-state index >= 15 is 0 Å². The number of rotatable bonds is 4. The van der Waals surface area contributed by atoms with Crippen molar-refractivity contribution in [3.05, 3.63) is 107 Å². The Bertz CT molecular complexity index is 1640. The standard InChI is InChI=1S/C28H25N3O4S/c32-27-7-3-6-26-23-14-19(17-31(26)27)16-30(18-23)36(34,35)25-12-10-24(11-13-25)29-28(33)22-9-8-20-4-1-2-5-21(20)15-22/h1-13,15,19,23H,14,16-18H2,(H,29,33). The number of aromatic nitrogens is 1. The van der Waals surface area contributed by atoms with Gasteiger partial charge < -0.3 is 9.88 Å². The molecule has 4 aromatic rings. The summed E-state index contributed by atoms with van der Waals surface area (Å²) >= 11 is 0. The number of benzene rings is 3. The Balaban J connectivity index is 1.19. The molecule has 7 nitrogen and oxygen atoms in total. The predicted octanol–water partition coefficient (Wildman–Crippen LogP) is 4.06. The van der Waals surface area contributed by atoms with Gasteiger partial charge in [-0.05, 0) is 65.6 Å². The van der Waals surface area contributed by atoms with E-state index in [1.54, 1.807) is 34.9 Å². The quantitative estimate of drug-likeness (QED) is 0.459. The lowest BCUT2D eigenvalue weighted by Gasteiger charge is -2.42. The molecular weight excluding hydrogens is 474 g/mol. The molecule has 2 atom stereocenters. The molecule has 2 bridgehead atoms. The van der Waals surface area contributed by atoms with E-state index in [0.29, 0.717) is 30.9 Å². The van der Waals surface area contributed by atoms with Crippen LogP contribution in [0.1, 0.15) is 28.4 Å². The third-order valence-corrected chi connectivity index (χ3v) is 9.05. The van der Waals surface area contributed by atoms with Crippen LogP contribution in [0.15, 0.2) is 94.6 Å². The van der Waals surface area contributed by atoms with Crippen LogP contribution in [0.2, 0.25) is 0 Å². The van der Waals surface area contributed by atoms with Gasteiger partial charge in [-0.2, -0.15) is 4.31 Å². The van der Waals surface area contributed by atoms with Crippen molar-refractivity contribution >= 4 is 32.4 Å². The third kappa shape index (κ3) is 4.02. The fraction of sp³-hybridized carbons (Fsp3) is 0.214. The van der Waals surface area contributed by atoms with Crippen molar-refractivity contribution in [2.75, 3.05) is 18.4 Å². The Morgan fingerprint density at radius 1 is 0.833 bits per heavy atom. The molecule has 0 spiro atoms. The fourth-order valence-electron chi connectivity index (χ4n) is 5.44. The van der Waals surface area contributed by atoms with Crippen molar-refractivity contribution in [1.29, 1.82) is 0 Å². The molecule has 2 aliphatic heterocycles. The monoisotopic (exact) mass is 499 g/mol. The number of carbonyl (C=O) groups is 1. The number of sulfonamides is 1. The Kier molecular flexibility index (Phi) is 5.50. The fourth-order valence-corrected chi connectivity index (χ4v) is 7.00. The average Bonchev–Trinajstić information content (AvgIpc) is 2.89. The van der Waals surface area contributed by atoms with Crippen LogP contribution in [0.3, 0.4) is 0 Å². The van der Waals surface area contributed by atoms with Crippen molar-refractivity contribution in [3.8, 4) is 0 Å². The van der Waals surface area contributed by atoms with Gasteiger partial charge in [0.2, 0.25) is 10.0 Å². The van der Waals surface area contributed by atoms with Crippen LogP contribution in [0, 0.1) is 5.92 Å². The molecular formula is C28H25N3O4S. The molecule has 2 aliphatic rings. The smallest absolute Gasteiger partial charge is 0.255 e. The summed E-state index contributed by atoms with van der Waals surface area (Å²) in [7, 11) is -3.71. The lowest BCUT2D eigenvalue weighted by atomic mass is 9.84. The molecule has 1 N–H and O–H groups in total. The van der Waals surface area contributed by atoms with Crippen LogP contribution in [0.4, 0.5) is 5.69 Å². The molecule has 6 rings (SSSR count). The normalized spacial score (nSPS) is 19.6. The third-order valence-electron chi connectivity index (χ3n) is 7.21. The molecule has 0 radical (unpaired) electrons. The minimum atomic E-state index is -3.71. The lowest BCUT2D eigenvalue weighted by molar-refractivity contribution is 0.102. The SMILES string of the molecule is O=C(Nc1ccc(S(=O)(=O)N2CC3CC(C2)c2cccc(=O)n2C3)cc1)c1ccc2ccccc2c1. The molecule has 0 saturated carbocycles. The number of pyridine rings is 1. The number of anilines is 1. The van der Waals surface area contributed by atoms with Crippen LogP contribution in [0.25, 0.3) is 10.8 Å². The Morgan fingerprint density at radius 2 is 1.61 bits per heavy atom. The first-order valence-electron chi connectivity index (χ1n) is 12.0. The van der Waals surface area contributed by atoms with Crippen LogP contribution in [-0.4, -0.2) is 36.3 Å². The molecule has 182 valence electrons. The number of hydrogen-bond donors (Lipinski definition) is 1. The molecule has 1 amide bonds. The topological polar surface area (TPSA) is 88.5 Å². The summed E-state index contributed by atoms with van der Waals surface area (Å²) in [6.45, 7) is 1.28. The van der Waals surface area contributed by atoms with Crippen molar-refractivity contribution < 1.29 is 13.2 Å². The Morgan fingerprint density at radius 3 is 2.42 bits per heavy atom. The lowest BCUT2D eigenvalue weighted by Crippen LogP contribution is -2.48. The van der Waals surface area contributed by atoms with Gasteiger partial charge in [-0.1, -0.05) is 36.4 Å². The summed E-state index contributed by atoms with van der Waals surface area (Å²) in [6.07, 6.45) is 0.884. The maximum absolute atomic E-state index is 13.4. The van der Waals surface area contributed by atoms with Gasteiger partial charge in [0.15, 0.2) is 0 Å².